The molecule has 0 aromatic rings. The fraction of sp³-hybridized carbons (Fsp3) is 0.776. The van der Waals surface area contributed by atoms with Crippen molar-refractivity contribution in [2.75, 3.05) is 26.4 Å². The van der Waals surface area contributed by atoms with Gasteiger partial charge in [0.2, 0.25) is 0 Å². The van der Waals surface area contributed by atoms with E-state index in [1.54, 1.807) is 0 Å². The molecule has 0 spiro atoms. The molecule has 0 bridgehead atoms. The Balaban J connectivity index is 2.41. The number of carbonyl (C=O) groups is 1. The molecule has 1 saturated heterocycles. The van der Waals surface area contributed by atoms with Crippen LogP contribution in [0.15, 0.2) is 60.8 Å². The fourth-order valence-corrected chi connectivity index (χ4v) is 7.52. The summed E-state index contributed by atoms with van der Waals surface area (Å²) in [5.74, 6) is -0.413. The van der Waals surface area contributed by atoms with E-state index in [2.05, 4.69) is 78.8 Å². The fourth-order valence-electron chi connectivity index (χ4n) is 7.01. The highest BCUT2D eigenvalue weighted by atomic mass is 32.3. The van der Waals surface area contributed by atoms with E-state index in [0.717, 1.165) is 83.5 Å². The molecule has 1 rings (SSSR count). The summed E-state index contributed by atoms with van der Waals surface area (Å²) in [7, 11) is -5.07. The van der Waals surface area contributed by atoms with Gasteiger partial charge in [-0.3, -0.25) is 9.35 Å². The number of carbonyl (C=O) groups excluding carboxylic acids is 1. The van der Waals surface area contributed by atoms with Crippen LogP contribution in [0.4, 0.5) is 0 Å². The first kappa shape index (κ1) is 57.8. The van der Waals surface area contributed by atoms with Gasteiger partial charge in [0.15, 0.2) is 6.29 Å². The Bertz CT molecular complexity index is 1310. The molecule has 1 aliphatic rings. The molecule has 6 atom stereocenters. The summed E-state index contributed by atoms with van der Waals surface area (Å²) in [5.41, 5.74) is 0. The predicted octanol–water partition coefficient (Wildman–Crippen LogP) is 10.5. The second-order valence-corrected chi connectivity index (χ2v) is 17.4. The average Bonchev–Trinajstić information content (AvgIpc) is 3.24. The predicted molar refractivity (Wildman–Crippen MR) is 248 cm³/mol. The lowest BCUT2D eigenvalue weighted by Crippen LogP contribution is -2.60. The van der Waals surface area contributed by atoms with E-state index in [-0.39, 0.29) is 19.6 Å². The molecule has 0 amide bonds. The van der Waals surface area contributed by atoms with Gasteiger partial charge in [-0.2, -0.15) is 8.42 Å². The standard InChI is InChI=1S/C49H86O12S/c1-3-5-7-9-11-13-15-17-19-21-23-25-27-29-31-33-35-37-39-57-41-43(42-58-49-47(53)48(61-62(54,55)56)46(52)44(40-50)60-49)59-45(51)38-36-34-32-30-28-26-24-22-20-18-16-14-12-10-8-6-4-2/h6,8,11-14,17-20,43-44,46-50,52-53H,3-5,7,9-10,15-16,21-42H2,1-2H3,(H,54,55,56)/b8-6-,13-11-,14-12-,19-17-,20-18-. The number of aliphatic hydroxyl groups is 3. The maximum absolute atomic E-state index is 12.9. The van der Waals surface area contributed by atoms with E-state index in [1.807, 2.05) is 0 Å². The van der Waals surface area contributed by atoms with Gasteiger partial charge < -0.3 is 34.3 Å². The lowest BCUT2D eigenvalue weighted by atomic mass is 9.99. The van der Waals surface area contributed by atoms with Gasteiger partial charge in [-0.25, -0.2) is 4.18 Å². The van der Waals surface area contributed by atoms with E-state index in [1.165, 1.54) is 70.6 Å². The minimum atomic E-state index is -5.07. The van der Waals surface area contributed by atoms with Crippen molar-refractivity contribution >= 4 is 16.4 Å². The first-order chi connectivity index (χ1) is 30.1. The minimum absolute atomic E-state index is 0.0256. The number of aliphatic hydroxyl groups excluding tert-OH is 3. The third kappa shape index (κ3) is 33.3. The van der Waals surface area contributed by atoms with Crippen molar-refractivity contribution < 1.29 is 56.2 Å². The minimum Gasteiger partial charge on any atom is -0.457 e. The number of rotatable bonds is 41. The van der Waals surface area contributed by atoms with Crippen LogP contribution in [0.2, 0.25) is 0 Å². The van der Waals surface area contributed by atoms with Crippen molar-refractivity contribution in [3.63, 3.8) is 0 Å². The second-order valence-electron chi connectivity index (χ2n) is 16.3. The van der Waals surface area contributed by atoms with Crippen molar-refractivity contribution in [1.82, 2.24) is 0 Å². The van der Waals surface area contributed by atoms with Crippen molar-refractivity contribution in [3.8, 4) is 0 Å². The Morgan fingerprint density at radius 1 is 0.629 bits per heavy atom. The summed E-state index contributed by atoms with van der Waals surface area (Å²) < 4.78 is 59.1. The lowest BCUT2D eigenvalue weighted by molar-refractivity contribution is -0.301. The summed E-state index contributed by atoms with van der Waals surface area (Å²) in [6.07, 6.45) is 41.0. The summed E-state index contributed by atoms with van der Waals surface area (Å²) >= 11 is 0. The van der Waals surface area contributed by atoms with Gasteiger partial charge in [0.25, 0.3) is 0 Å². The van der Waals surface area contributed by atoms with Gasteiger partial charge in [-0.05, 0) is 77.0 Å². The molecule has 1 aliphatic heterocycles. The SMILES string of the molecule is CC/C=C\C/C=C\C/C=C\CCCCCCCCCC(=O)OC(COCCCCCCCCCC/C=C\C/C=C\CCCCC)COC1OC(CO)C(O)C(OS(=O)(=O)O)C1O. The third-order valence-electron chi connectivity index (χ3n) is 10.6. The van der Waals surface area contributed by atoms with Crippen LogP contribution >= 0.6 is 0 Å². The molecule has 6 unspecified atom stereocenters. The number of allylic oxidation sites excluding steroid dienone is 10. The number of hydrogen-bond donors (Lipinski definition) is 4. The number of esters is 1. The number of ether oxygens (including phenoxy) is 4. The average molecular weight is 899 g/mol. The Morgan fingerprint density at radius 3 is 1.63 bits per heavy atom. The molecule has 62 heavy (non-hydrogen) atoms. The zero-order chi connectivity index (χ0) is 45.4. The van der Waals surface area contributed by atoms with Crippen LogP contribution in [0.3, 0.4) is 0 Å². The summed E-state index contributed by atoms with van der Waals surface area (Å²) in [4.78, 5) is 12.9. The summed E-state index contributed by atoms with van der Waals surface area (Å²) in [6, 6.07) is 0. The van der Waals surface area contributed by atoms with Gasteiger partial charge >= 0.3 is 16.4 Å². The zero-order valence-electron chi connectivity index (χ0n) is 38.4. The molecule has 0 aliphatic carbocycles. The zero-order valence-corrected chi connectivity index (χ0v) is 39.2. The molecule has 1 heterocycles. The Morgan fingerprint density at radius 2 is 1.11 bits per heavy atom. The maximum atomic E-state index is 12.9. The molecule has 0 saturated carbocycles. The molecule has 13 heteroatoms. The largest absolute Gasteiger partial charge is 0.457 e. The molecule has 4 N–H and O–H groups in total. The van der Waals surface area contributed by atoms with Crippen LogP contribution in [0.5, 0.6) is 0 Å². The Kier molecular flexibility index (Phi) is 37.6. The Labute approximate surface area is 376 Å². The molecular formula is C49H86O12S. The lowest BCUT2D eigenvalue weighted by Gasteiger charge is -2.41. The smallest absolute Gasteiger partial charge is 0.397 e. The Hall–Kier alpha value is -2.20. The van der Waals surface area contributed by atoms with E-state index in [0.29, 0.717) is 13.0 Å². The molecule has 12 nitrogen and oxygen atoms in total. The van der Waals surface area contributed by atoms with Crippen LogP contribution < -0.4 is 0 Å². The molecule has 0 radical (unpaired) electrons. The molecule has 360 valence electrons. The van der Waals surface area contributed by atoms with Gasteiger partial charge in [-0.15, -0.1) is 0 Å². The highest BCUT2D eigenvalue weighted by Crippen LogP contribution is 2.26. The van der Waals surface area contributed by atoms with E-state index in [9.17, 15) is 33.1 Å². The monoisotopic (exact) mass is 899 g/mol. The van der Waals surface area contributed by atoms with Crippen molar-refractivity contribution in [2.24, 2.45) is 0 Å². The van der Waals surface area contributed by atoms with Crippen molar-refractivity contribution in [2.45, 2.75) is 218 Å². The molecule has 0 aromatic heterocycles. The first-order valence-electron chi connectivity index (χ1n) is 24.0. The summed E-state index contributed by atoms with van der Waals surface area (Å²) in [5, 5.41) is 30.7. The van der Waals surface area contributed by atoms with Crippen LogP contribution in [0.1, 0.15) is 181 Å². The highest BCUT2D eigenvalue weighted by molar-refractivity contribution is 7.80. The third-order valence-corrected chi connectivity index (χ3v) is 11.1. The van der Waals surface area contributed by atoms with Gasteiger partial charge in [0, 0.05) is 13.0 Å². The second kappa shape index (κ2) is 40.3. The van der Waals surface area contributed by atoms with Crippen LogP contribution in [0.25, 0.3) is 0 Å². The van der Waals surface area contributed by atoms with Gasteiger partial charge in [0.1, 0.15) is 30.5 Å². The van der Waals surface area contributed by atoms with Crippen molar-refractivity contribution in [1.29, 1.82) is 0 Å². The van der Waals surface area contributed by atoms with Crippen molar-refractivity contribution in [3.05, 3.63) is 60.8 Å². The van der Waals surface area contributed by atoms with Gasteiger partial charge in [-0.1, -0.05) is 158 Å². The molecular weight excluding hydrogens is 813 g/mol. The van der Waals surface area contributed by atoms with Crippen LogP contribution in [-0.4, -0.2) is 97.5 Å². The van der Waals surface area contributed by atoms with E-state index >= 15 is 0 Å². The maximum Gasteiger partial charge on any atom is 0.397 e. The molecule has 1 fully saturated rings. The quantitative estimate of drug-likeness (QED) is 0.0198. The number of unbranched alkanes of at least 4 members (excludes halogenated alkanes) is 18. The van der Waals surface area contributed by atoms with Crippen LogP contribution in [-0.2, 0) is 38.3 Å². The topological polar surface area (TPSA) is 178 Å². The first-order valence-corrected chi connectivity index (χ1v) is 25.4. The summed E-state index contributed by atoms with van der Waals surface area (Å²) in [6.45, 7) is 3.83. The van der Waals surface area contributed by atoms with E-state index in [4.69, 9.17) is 18.9 Å². The normalized spacial score (nSPS) is 20.5. The van der Waals surface area contributed by atoms with Gasteiger partial charge in [0.05, 0.1) is 19.8 Å². The number of hydrogen-bond acceptors (Lipinski definition) is 11. The van der Waals surface area contributed by atoms with Crippen LogP contribution in [0, 0.1) is 0 Å². The van der Waals surface area contributed by atoms with E-state index < -0.39 is 59.8 Å². The highest BCUT2D eigenvalue weighted by Gasteiger charge is 2.48. The molecule has 0 aromatic carbocycles.